The minimum absolute atomic E-state index is 0.257. The molecule has 4 nitrogen and oxygen atoms in total. The van der Waals surface area contributed by atoms with Crippen molar-refractivity contribution in [1.29, 1.82) is 0 Å². The van der Waals surface area contributed by atoms with Crippen molar-refractivity contribution in [2.24, 2.45) is 0 Å². The molecule has 1 heterocycles. The average Bonchev–Trinajstić information content (AvgIpc) is 2.86. The Balaban J connectivity index is 2.02. The fraction of sp³-hybridized carbons (Fsp3) is 0.154. The number of nitrogens with zero attached hydrogens (tertiary/aromatic N) is 2. The van der Waals surface area contributed by atoms with Crippen molar-refractivity contribution in [3.63, 3.8) is 0 Å². The molecule has 0 fully saturated rings. The number of anilines is 1. The standard InChI is InChI=1S/C13H11F2N3OS2/c1-2-20-13-18-17-12(21-13)16-11(19)7-6-8-9(14)4-3-5-10(8)15/h3-7H,2H2,1H3,(H,16,17,19). The van der Waals surface area contributed by atoms with Crippen molar-refractivity contribution in [1.82, 2.24) is 10.2 Å². The Kier molecular flexibility index (Phi) is 5.40. The van der Waals surface area contributed by atoms with Crippen LogP contribution in [-0.4, -0.2) is 21.9 Å². The number of halogens is 2. The molecule has 0 aliphatic heterocycles. The van der Waals surface area contributed by atoms with Crippen molar-refractivity contribution in [3.8, 4) is 0 Å². The molecular formula is C13H11F2N3OS2. The van der Waals surface area contributed by atoms with E-state index < -0.39 is 17.5 Å². The summed E-state index contributed by atoms with van der Waals surface area (Å²) < 4.78 is 27.5. The number of carbonyl (C=O) groups is 1. The van der Waals surface area contributed by atoms with Crippen molar-refractivity contribution in [2.45, 2.75) is 11.3 Å². The second-order valence-electron chi connectivity index (χ2n) is 3.76. The third-order valence-electron chi connectivity index (χ3n) is 2.31. The second-order valence-corrected chi connectivity index (χ2v) is 6.25. The van der Waals surface area contributed by atoms with E-state index >= 15 is 0 Å². The summed E-state index contributed by atoms with van der Waals surface area (Å²) in [5.41, 5.74) is -0.257. The number of thioether (sulfide) groups is 1. The van der Waals surface area contributed by atoms with Crippen LogP contribution in [0.1, 0.15) is 12.5 Å². The first kappa shape index (κ1) is 15.6. The number of benzene rings is 1. The molecule has 0 unspecified atom stereocenters. The fourth-order valence-electron chi connectivity index (χ4n) is 1.42. The average molecular weight is 327 g/mol. The molecule has 0 saturated carbocycles. The van der Waals surface area contributed by atoms with Gasteiger partial charge in [-0.25, -0.2) is 8.78 Å². The molecule has 1 N–H and O–H groups in total. The van der Waals surface area contributed by atoms with Crippen LogP contribution >= 0.6 is 23.1 Å². The van der Waals surface area contributed by atoms with Gasteiger partial charge in [0, 0.05) is 11.6 Å². The maximum Gasteiger partial charge on any atom is 0.250 e. The molecule has 0 spiro atoms. The zero-order valence-corrected chi connectivity index (χ0v) is 12.6. The first-order chi connectivity index (χ1) is 10.1. The van der Waals surface area contributed by atoms with Gasteiger partial charge in [0.05, 0.1) is 0 Å². The highest BCUT2D eigenvalue weighted by Crippen LogP contribution is 2.25. The first-order valence-electron chi connectivity index (χ1n) is 5.99. The molecule has 0 saturated heterocycles. The minimum atomic E-state index is -0.725. The van der Waals surface area contributed by atoms with Crippen LogP contribution in [0.2, 0.25) is 0 Å². The minimum Gasteiger partial charge on any atom is -0.297 e. The Hall–Kier alpha value is -1.80. The van der Waals surface area contributed by atoms with Crippen LogP contribution in [0.5, 0.6) is 0 Å². The van der Waals surface area contributed by atoms with Crippen molar-refractivity contribution < 1.29 is 13.6 Å². The van der Waals surface area contributed by atoms with E-state index in [-0.39, 0.29) is 5.56 Å². The normalized spacial score (nSPS) is 11.0. The van der Waals surface area contributed by atoms with Gasteiger partial charge in [0.1, 0.15) is 11.6 Å². The lowest BCUT2D eigenvalue weighted by Crippen LogP contribution is -2.07. The molecule has 1 aromatic heterocycles. The summed E-state index contributed by atoms with van der Waals surface area (Å²) in [6.07, 6.45) is 2.14. The molecule has 2 rings (SSSR count). The Morgan fingerprint density at radius 1 is 1.38 bits per heavy atom. The topological polar surface area (TPSA) is 54.9 Å². The number of hydrogen-bond acceptors (Lipinski definition) is 5. The van der Waals surface area contributed by atoms with Crippen LogP contribution in [0.4, 0.5) is 13.9 Å². The second kappa shape index (κ2) is 7.28. The summed E-state index contributed by atoms with van der Waals surface area (Å²) in [6, 6.07) is 3.51. The third-order valence-corrected chi connectivity index (χ3v) is 4.16. The van der Waals surface area contributed by atoms with E-state index in [1.165, 1.54) is 29.2 Å². The van der Waals surface area contributed by atoms with E-state index in [1.807, 2.05) is 6.92 Å². The number of nitrogens with one attached hydrogen (secondary N) is 1. The van der Waals surface area contributed by atoms with Gasteiger partial charge in [-0.2, -0.15) is 0 Å². The van der Waals surface area contributed by atoms with Gasteiger partial charge in [-0.1, -0.05) is 36.1 Å². The lowest BCUT2D eigenvalue weighted by atomic mass is 10.2. The van der Waals surface area contributed by atoms with Gasteiger partial charge in [-0.15, -0.1) is 10.2 Å². The van der Waals surface area contributed by atoms with Gasteiger partial charge in [0.25, 0.3) is 0 Å². The summed E-state index contributed by atoms with van der Waals surface area (Å²) in [5.74, 6) is -1.12. The Bertz CT molecular complexity index is 653. The number of hydrogen-bond donors (Lipinski definition) is 1. The lowest BCUT2D eigenvalue weighted by molar-refractivity contribution is -0.111. The van der Waals surface area contributed by atoms with Crippen LogP contribution in [-0.2, 0) is 4.79 Å². The SMILES string of the molecule is CCSc1nnc(NC(=O)C=Cc2c(F)cccc2F)s1. The molecule has 110 valence electrons. The zero-order chi connectivity index (χ0) is 15.2. The van der Waals surface area contributed by atoms with Crippen LogP contribution in [0, 0.1) is 11.6 Å². The van der Waals surface area contributed by atoms with Crippen LogP contribution < -0.4 is 5.32 Å². The molecule has 0 atom stereocenters. The quantitative estimate of drug-likeness (QED) is 0.518. The number of amides is 1. The molecule has 0 bridgehead atoms. The smallest absolute Gasteiger partial charge is 0.250 e. The van der Waals surface area contributed by atoms with Crippen LogP contribution in [0.25, 0.3) is 6.08 Å². The molecule has 0 aliphatic carbocycles. The molecule has 1 aromatic carbocycles. The monoisotopic (exact) mass is 327 g/mol. The highest BCUT2D eigenvalue weighted by atomic mass is 32.2. The van der Waals surface area contributed by atoms with Gasteiger partial charge in [0.15, 0.2) is 4.34 Å². The predicted molar refractivity (Wildman–Crippen MR) is 80.3 cm³/mol. The van der Waals surface area contributed by atoms with Gasteiger partial charge in [-0.3, -0.25) is 10.1 Å². The number of rotatable bonds is 5. The largest absolute Gasteiger partial charge is 0.297 e. The molecule has 1 amide bonds. The van der Waals surface area contributed by atoms with E-state index in [4.69, 9.17) is 0 Å². The molecule has 2 aromatic rings. The van der Waals surface area contributed by atoms with E-state index in [0.29, 0.717) is 5.13 Å². The van der Waals surface area contributed by atoms with Crippen LogP contribution in [0.3, 0.4) is 0 Å². The van der Waals surface area contributed by atoms with E-state index in [2.05, 4.69) is 15.5 Å². The molecule has 8 heteroatoms. The summed E-state index contributed by atoms with van der Waals surface area (Å²) in [6.45, 7) is 1.98. The molecule has 21 heavy (non-hydrogen) atoms. The lowest BCUT2D eigenvalue weighted by Gasteiger charge is -1.98. The van der Waals surface area contributed by atoms with E-state index in [1.54, 1.807) is 0 Å². The Morgan fingerprint density at radius 2 is 2.10 bits per heavy atom. The van der Waals surface area contributed by atoms with E-state index in [0.717, 1.165) is 34.4 Å². The van der Waals surface area contributed by atoms with Crippen molar-refractivity contribution in [2.75, 3.05) is 11.1 Å². The number of carbonyl (C=O) groups excluding carboxylic acids is 1. The van der Waals surface area contributed by atoms with Gasteiger partial charge >= 0.3 is 0 Å². The summed E-state index contributed by atoms with van der Waals surface area (Å²) >= 11 is 2.75. The Morgan fingerprint density at radius 3 is 2.76 bits per heavy atom. The summed E-state index contributed by atoms with van der Waals surface area (Å²) in [7, 11) is 0. The van der Waals surface area contributed by atoms with Gasteiger partial charge in [0.2, 0.25) is 11.0 Å². The van der Waals surface area contributed by atoms with Gasteiger partial charge in [-0.05, 0) is 24.0 Å². The molecular weight excluding hydrogens is 316 g/mol. The maximum atomic E-state index is 13.4. The first-order valence-corrected chi connectivity index (χ1v) is 7.79. The third kappa shape index (κ3) is 4.33. The van der Waals surface area contributed by atoms with Crippen molar-refractivity contribution >= 4 is 40.2 Å². The number of aromatic nitrogens is 2. The summed E-state index contributed by atoms with van der Waals surface area (Å²) in [4.78, 5) is 11.7. The highest BCUT2D eigenvalue weighted by Gasteiger charge is 2.08. The summed E-state index contributed by atoms with van der Waals surface area (Å²) in [5, 5.41) is 10.5. The predicted octanol–water partition coefficient (Wildman–Crippen LogP) is 3.58. The fourth-order valence-corrected chi connectivity index (χ4v) is 3.07. The highest BCUT2D eigenvalue weighted by molar-refractivity contribution is 8.01. The zero-order valence-electron chi connectivity index (χ0n) is 11.0. The maximum absolute atomic E-state index is 13.4. The van der Waals surface area contributed by atoms with Crippen molar-refractivity contribution in [3.05, 3.63) is 41.5 Å². The van der Waals surface area contributed by atoms with Gasteiger partial charge < -0.3 is 0 Å². The van der Waals surface area contributed by atoms with E-state index in [9.17, 15) is 13.6 Å². The molecule has 0 aliphatic rings. The molecule has 0 radical (unpaired) electrons. The van der Waals surface area contributed by atoms with Crippen LogP contribution in [0.15, 0.2) is 28.6 Å². The Labute approximate surface area is 128 Å².